The van der Waals surface area contributed by atoms with Gasteiger partial charge in [0.1, 0.15) is 0 Å². The lowest BCUT2D eigenvalue weighted by Gasteiger charge is -2.29. The van der Waals surface area contributed by atoms with Gasteiger partial charge in [-0.3, -0.25) is 4.79 Å². The first-order chi connectivity index (χ1) is 13.6. The van der Waals surface area contributed by atoms with Gasteiger partial charge in [0.15, 0.2) is 0 Å². The molecule has 1 aliphatic rings. The van der Waals surface area contributed by atoms with Crippen LogP contribution in [0, 0.1) is 6.92 Å². The predicted molar refractivity (Wildman–Crippen MR) is 114 cm³/mol. The largest absolute Gasteiger partial charge is 0.380 e. The number of aromatic amines is 1. The van der Waals surface area contributed by atoms with E-state index in [1.165, 1.54) is 0 Å². The molecule has 1 amide bonds. The fraction of sp³-hybridized carbons (Fsp3) is 0.261. The Morgan fingerprint density at radius 1 is 1.11 bits per heavy atom. The fourth-order valence-electron chi connectivity index (χ4n) is 3.43. The number of nitrogens with one attached hydrogen (secondary N) is 4. The van der Waals surface area contributed by atoms with Gasteiger partial charge in [0.2, 0.25) is 0 Å². The van der Waals surface area contributed by atoms with E-state index >= 15 is 0 Å². The van der Waals surface area contributed by atoms with Gasteiger partial charge in [0, 0.05) is 36.2 Å². The van der Waals surface area contributed by atoms with E-state index in [0.29, 0.717) is 11.6 Å². The van der Waals surface area contributed by atoms with E-state index < -0.39 is 0 Å². The topological polar surface area (TPSA) is 68.9 Å². The standard InChI is InChI=1S/C23H26N4O/c1-15-8-9-19(27-20-13-24-14-20)12-21(15)23(28)26-16(2)17-5-3-6-18(11-17)22-7-4-10-25-22/h3-12,16,20,24-25,27H,13-14H2,1-2H3,(H,26,28)/t16-/m1/s1. The Balaban J connectivity index is 1.48. The number of H-pyrrole nitrogens is 1. The molecule has 0 aliphatic carbocycles. The van der Waals surface area contributed by atoms with Crippen LogP contribution in [0.2, 0.25) is 0 Å². The minimum Gasteiger partial charge on any atom is -0.380 e. The molecule has 3 aromatic rings. The summed E-state index contributed by atoms with van der Waals surface area (Å²) in [6, 6.07) is 18.6. The summed E-state index contributed by atoms with van der Waals surface area (Å²) in [6.07, 6.45) is 1.91. The van der Waals surface area contributed by atoms with Crippen LogP contribution in [0.1, 0.15) is 34.5 Å². The maximum absolute atomic E-state index is 12.9. The van der Waals surface area contributed by atoms with Crippen molar-refractivity contribution in [3.05, 3.63) is 77.5 Å². The van der Waals surface area contributed by atoms with Crippen molar-refractivity contribution in [3.8, 4) is 11.3 Å². The van der Waals surface area contributed by atoms with Crippen LogP contribution in [0.25, 0.3) is 11.3 Å². The number of aromatic nitrogens is 1. The Bertz CT molecular complexity index is 960. The van der Waals surface area contributed by atoms with E-state index in [2.05, 4.69) is 33.1 Å². The highest BCUT2D eigenvalue weighted by atomic mass is 16.1. The predicted octanol–water partition coefficient (Wildman–Crippen LogP) is 3.86. The summed E-state index contributed by atoms with van der Waals surface area (Å²) >= 11 is 0. The lowest BCUT2D eigenvalue weighted by atomic mass is 10.0. The van der Waals surface area contributed by atoms with Gasteiger partial charge in [-0.05, 0) is 60.9 Å². The number of aryl methyl sites for hydroxylation is 1. The van der Waals surface area contributed by atoms with Gasteiger partial charge in [-0.25, -0.2) is 0 Å². The van der Waals surface area contributed by atoms with Crippen molar-refractivity contribution in [2.45, 2.75) is 25.9 Å². The van der Waals surface area contributed by atoms with Crippen molar-refractivity contribution in [1.82, 2.24) is 15.6 Å². The monoisotopic (exact) mass is 374 g/mol. The van der Waals surface area contributed by atoms with E-state index in [1.807, 2.05) is 62.5 Å². The normalized spacial score (nSPS) is 14.9. The molecule has 4 rings (SSSR count). The average molecular weight is 374 g/mol. The van der Waals surface area contributed by atoms with Gasteiger partial charge in [-0.1, -0.05) is 24.3 Å². The third-order valence-corrected chi connectivity index (χ3v) is 5.28. The van der Waals surface area contributed by atoms with Crippen molar-refractivity contribution in [1.29, 1.82) is 0 Å². The highest BCUT2D eigenvalue weighted by Gasteiger charge is 2.18. The lowest BCUT2D eigenvalue weighted by molar-refractivity contribution is 0.0939. The minimum absolute atomic E-state index is 0.0503. The lowest BCUT2D eigenvalue weighted by Crippen LogP contribution is -2.51. The molecule has 144 valence electrons. The van der Waals surface area contributed by atoms with Crippen molar-refractivity contribution in [2.24, 2.45) is 0 Å². The van der Waals surface area contributed by atoms with Crippen LogP contribution < -0.4 is 16.0 Å². The average Bonchev–Trinajstić information content (AvgIpc) is 3.20. The Kier molecular flexibility index (Phi) is 5.17. The maximum Gasteiger partial charge on any atom is 0.252 e. The van der Waals surface area contributed by atoms with Crippen LogP contribution in [-0.4, -0.2) is 30.0 Å². The Morgan fingerprint density at radius 3 is 2.68 bits per heavy atom. The van der Waals surface area contributed by atoms with E-state index in [9.17, 15) is 4.79 Å². The second-order valence-corrected chi connectivity index (χ2v) is 7.43. The SMILES string of the molecule is Cc1ccc(NC2CNC2)cc1C(=O)N[C@H](C)c1cccc(-c2ccc[nH]2)c1. The molecule has 0 saturated carbocycles. The van der Waals surface area contributed by atoms with Crippen LogP contribution in [0.4, 0.5) is 5.69 Å². The van der Waals surface area contributed by atoms with Crippen molar-refractivity contribution >= 4 is 11.6 Å². The molecule has 4 N–H and O–H groups in total. The zero-order chi connectivity index (χ0) is 19.5. The molecule has 1 saturated heterocycles. The van der Waals surface area contributed by atoms with Crippen molar-refractivity contribution < 1.29 is 4.79 Å². The van der Waals surface area contributed by atoms with Crippen molar-refractivity contribution in [3.63, 3.8) is 0 Å². The highest BCUT2D eigenvalue weighted by Crippen LogP contribution is 2.23. The molecule has 1 aliphatic heterocycles. The highest BCUT2D eigenvalue weighted by molar-refractivity contribution is 5.96. The fourth-order valence-corrected chi connectivity index (χ4v) is 3.43. The second kappa shape index (κ2) is 7.90. The third-order valence-electron chi connectivity index (χ3n) is 5.28. The van der Waals surface area contributed by atoms with Crippen molar-refractivity contribution in [2.75, 3.05) is 18.4 Å². The molecule has 0 bridgehead atoms. The minimum atomic E-state index is -0.0886. The van der Waals surface area contributed by atoms with Gasteiger partial charge >= 0.3 is 0 Å². The molecule has 5 heteroatoms. The summed E-state index contributed by atoms with van der Waals surface area (Å²) in [5.74, 6) is -0.0503. The third kappa shape index (κ3) is 3.94. The van der Waals surface area contributed by atoms with E-state index in [-0.39, 0.29) is 11.9 Å². The van der Waals surface area contributed by atoms with Gasteiger partial charge in [0.05, 0.1) is 12.1 Å². The van der Waals surface area contributed by atoms with Crippen LogP contribution in [0.5, 0.6) is 0 Å². The first-order valence-corrected chi connectivity index (χ1v) is 9.72. The van der Waals surface area contributed by atoms with Gasteiger partial charge in [-0.15, -0.1) is 0 Å². The Morgan fingerprint density at radius 2 is 1.96 bits per heavy atom. The Hall–Kier alpha value is -3.05. The number of rotatable bonds is 6. The first kappa shape index (κ1) is 18.3. The summed E-state index contributed by atoms with van der Waals surface area (Å²) < 4.78 is 0. The Labute approximate surface area is 165 Å². The number of anilines is 1. The van der Waals surface area contributed by atoms with Crippen LogP contribution in [0.3, 0.4) is 0 Å². The number of carbonyl (C=O) groups is 1. The summed E-state index contributed by atoms with van der Waals surface area (Å²) in [6.45, 7) is 5.91. The summed E-state index contributed by atoms with van der Waals surface area (Å²) in [5, 5.41) is 9.85. The summed E-state index contributed by atoms with van der Waals surface area (Å²) in [4.78, 5) is 16.2. The van der Waals surface area contributed by atoms with Gasteiger partial charge < -0.3 is 20.9 Å². The summed E-state index contributed by atoms with van der Waals surface area (Å²) in [7, 11) is 0. The van der Waals surface area contributed by atoms with Gasteiger partial charge in [-0.2, -0.15) is 0 Å². The molecular weight excluding hydrogens is 348 g/mol. The van der Waals surface area contributed by atoms with E-state index in [1.54, 1.807) is 0 Å². The smallest absolute Gasteiger partial charge is 0.252 e. The first-order valence-electron chi connectivity index (χ1n) is 9.72. The number of benzene rings is 2. The molecule has 2 heterocycles. The molecule has 5 nitrogen and oxygen atoms in total. The second-order valence-electron chi connectivity index (χ2n) is 7.43. The summed E-state index contributed by atoms with van der Waals surface area (Å²) in [5.41, 5.74) is 5.93. The van der Waals surface area contributed by atoms with Crippen LogP contribution in [-0.2, 0) is 0 Å². The zero-order valence-corrected chi connectivity index (χ0v) is 16.3. The number of carbonyl (C=O) groups excluding carboxylic acids is 1. The van der Waals surface area contributed by atoms with Crippen LogP contribution in [0.15, 0.2) is 60.8 Å². The maximum atomic E-state index is 12.9. The van der Waals surface area contributed by atoms with E-state index in [4.69, 9.17) is 0 Å². The molecule has 0 spiro atoms. The molecule has 1 fully saturated rings. The molecule has 2 aromatic carbocycles. The number of hydrogen-bond acceptors (Lipinski definition) is 3. The molecule has 1 atom stereocenters. The van der Waals surface area contributed by atoms with Gasteiger partial charge in [0.25, 0.3) is 5.91 Å². The zero-order valence-electron chi connectivity index (χ0n) is 16.3. The number of amides is 1. The molecule has 0 radical (unpaired) electrons. The molecule has 1 aromatic heterocycles. The molecular formula is C23H26N4O. The van der Waals surface area contributed by atoms with Crippen LogP contribution >= 0.6 is 0 Å². The quantitative estimate of drug-likeness (QED) is 0.529. The molecule has 28 heavy (non-hydrogen) atoms. The van der Waals surface area contributed by atoms with E-state index in [0.717, 1.165) is 41.2 Å². The molecule has 0 unspecified atom stereocenters. The number of hydrogen-bond donors (Lipinski definition) is 4.